The van der Waals surface area contributed by atoms with E-state index in [4.69, 9.17) is 21.4 Å². The van der Waals surface area contributed by atoms with Crippen molar-refractivity contribution in [3.63, 3.8) is 0 Å². The van der Waals surface area contributed by atoms with Gasteiger partial charge in [-0.3, -0.25) is 4.79 Å². The van der Waals surface area contributed by atoms with Crippen LogP contribution in [0.2, 0.25) is 0 Å². The molecule has 94 valence electrons. The van der Waals surface area contributed by atoms with E-state index in [1.54, 1.807) is 12.1 Å². The van der Waals surface area contributed by atoms with Gasteiger partial charge in [-0.25, -0.2) is 0 Å². The molecule has 2 N–H and O–H groups in total. The summed E-state index contributed by atoms with van der Waals surface area (Å²) >= 11 is 5.43. The maximum Gasteiger partial charge on any atom is 0.303 e. The molecule has 1 unspecified atom stereocenters. The fraction of sp³-hybridized carbons (Fsp3) is 0.417. The highest BCUT2D eigenvalue weighted by molar-refractivity contribution is 6.18. The van der Waals surface area contributed by atoms with Crippen molar-refractivity contribution in [1.82, 2.24) is 0 Å². The van der Waals surface area contributed by atoms with Crippen molar-refractivity contribution in [2.45, 2.75) is 18.9 Å². The molecule has 0 aliphatic heterocycles. The number of aryl methyl sites for hydroxylation is 1. The number of rotatable bonds is 7. The molecule has 0 amide bonds. The van der Waals surface area contributed by atoms with Crippen LogP contribution in [-0.2, 0) is 11.2 Å². The van der Waals surface area contributed by atoms with E-state index in [1.165, 1.54) is 0 Å². The van der Waals surface area contributed by atoms with E-state index in [2.05, 4.69) is 0 Å². The maximum atomic E-state index is 10.4. The minimum absolute atomic E-state index is 0.116. The maximum absolute atomic E-state index is 10.4. The summed E-state index contributed by atoms with van der Waals surface area (Å²) in [5.41, 5.74) is 0.942. The lowest BCUT2D eigenvalue weighted by molar-refractivity contribution is -0.136. The van der Waals surface area contributed by atoms with E-state index in [0.717, 1.165) is 5.56 Å². The number of carboxylic acid groups (broad SMARTS) is 1. The number of halogens is 1. The Balaban J connectivity index is 2.41. The van der Waals surface area contributed by atoms with Crippen LogP contribution in [0.15, 0.2) is 24.3 Å². The Morgan fingerprint density at radius 1 is 1.35 bits per heavy atom. The summed E-state index contributed by atoms with van der Waals surface area (Å²) < 4.78 is 5.29. The number of alkyl halides is 1. The van der Waals surface area contributed by atoms with Gasteiger partial charge in [-0.15, -0.1) is 11.6 Å². The number of hydrogen-bond donors (Lipinski definition) is 2. The third kappa shape index (κ3) is 5.56. The molecule has 1 rings (SSSR count). The normalized spacial score (nSPS) is 12.1. The van der Waals surface area contributed by atoms with E-state index in [1.807, 2.05) is 12.1 Å². The quantitative estimate of drug-likeness (QED) is 0.731. The summed E-state index contributed by atoms with van der Waals surface area (Å²) in [7, 11) is 0. The van der Waals surface area contributed by atoms with Gasteiger partial charge in [0, 0.05) is 6.42 Å². The molecule has 5 heteroatoms. The Kier molecular flexibility index (Phi) is 5.80. The molecule has 0 heterocycles. The first-order valence-electron chi connectivity index (χ1n) is 5.29. The van der Waals surface area contributed by atoms with Crippen molar-refractivity contribution in [3.05, 3.63) is 29.8 Å². The molecule has 1 aromatic carbocycles. The monoisotopic (exact) mass is 258 g/mol. The molecule has 1 aromatic rings. The highest BCUT2D eigenvalue weighted by atomic mass is 35.5. The first-order valence-corrected chi connectivity index (χ1v) is 5.83. The van der Waals surface area contributed by atoms with Crippen LogP contribution in [0.1, 0.15) is 12.0 Å². The molecule has 0 radical (unpaired) electrons. The summed E-state index contributed by atoms with van der Waals surface area (Å²) in [6.07, 6.45) is -0.0613. The number of aliphatic hydroxyl groups is 1. The molecular weight excluding hydrogens is 244 g/mol. The molecule has 0 aliphatic rings. The Bertz CT molecular complexity index is 350. The second-order valence-electron chi connectivity index (χ2n) is 3.66. The van der Waals surface area contributed by atoms with E-state index in [-0.39, 0.29) is 18.9 Å². The molecular formula is C12H15ClO4. The zero-order valence-electron chi connectivity index (χ0n) is 9.30. The molecule has 0 aliphatic carbocycles. The van der Waals surface area contributed by atoms with E-state index in [9.17, 15) is 9.90 Å². The lowest BCUT2D eigenvalue weighted by Crippen LogP contribution is -2.18. The van der Waals surface area contributed by atoms with Crippen molar-refractivity contribution in [2.75, 3.05) is 12.5 Å². The zero-order chi connectivity index (χ0) is 12.7. The number of aliphatic hydroxyl groups excluding tert-OH is 1. The van der Waals surface area contributed by atoms with Crippen LogP contribution in [0.25, 0.3) is 0 Å². The predicted octanol–water partition coefficient (Wildman–Crippen LogP) is 1.68. The van der Waals surface area contributed by atoms with Gasteiger partial charge in [0.25, 0.3) is 0 Å². The van der Waals surface area contributed by atoms with Crippen LogP contribution < -0.4 is 4.74 Å². The lowest BCUT2D eigenvalue weighted by atomic mass is 10.1. The van der Waals surface area contributed by atoms with E-state index in [0.29, 0.717) is 12.2 Å². The van der Waals surface area contributed by atoms with Crippen LogP contribution >= 0.6 is 11.6 Å². The highest BCUT2D eigenvalue weighted by Gasteiger charge is 2.03. The van der Waals surface area contributed by atoms with Crippen molar-refractivity contribution in [2.24, 2.45) is 0 Å². The summed E-state index contributed by atoms with van der Waals surface area (Å²) in [4.78, 5) is 10.4. The topological polar surface area (TPSA) is 66.8 Å². The van der Waals surface area contributed by atoms with Crippen molar-refractivity contribution >= 4 is 17.6 Å². The van der Waals surface area contributed by atoms with Crippen molar-refractivity contribution in [3.8, 4) is 5.75 Å². The smallest absolute Gasteiger partial charge is 0.303 e. The Morgan fingerprint density at radius 3 is 2.53 bits per heavy atom. The molecule has 1 atom stereocenters. The molecule has 0 saturated heterocycles. The molecule has 0 spiro atoms. The molecule has 0 saturated carbocycles. The zero-order valence-corrected chi connectivity index (χ0v) is 10.1. The van der Waals surface area contributed by atoms with Crippen LogP contribution in [0.5, 0.6) is 5.75 Å². The van der Waals surface area contributed by atoms with E-state index < -0.39 is 12.1 Å². The lowest BCUT2D eigenvalue weighted by Gasteiger charge is -2.09. The first-order chi connectivity index (χ1) is 8.11. The fourth-order valence-corrected chi connectivity index (χ4v) is 1.33. The molecule has 0 fully saturated rings. The van der Waals surface area contributed by atoms with Gasteiger partial charge in [-0.1, -0.05) is 12.1 Å². The van der Waals surface area contributed by atoms with Gasteiger partial charge in [-0.2, -0.15) is 0 Å². The third-order valence-electron chi connectivity index (χ3n) is 2.17. The summed E-state index contributed by atoms with van der Waals surface area (Å²) in [5.74, 6) is -0.0414. The standard InChI is InChI=1S/C12H15ClO4/c13-7-10(14)8-17-11-4-1-9(2-5-11)3-6-12(15)16/h1-2,4-5,10,14H,3,6-8H2,(H,15,16). The SMILES string of the molecule is O=C(O)CCc1ccc(OCC(O)CCl)cc1. The summed E-state index contributed by atoms with van der Waals surface area (Å²) in [5, 5.41) is 17.7. The van der Waals surface area contributed by atoms with Crippen LogP contribution in [0.4, 0.5) is 0 Å². The minimum Gasteiger partial charge on any atom is -0.491 e. The van der Waals surface area contributed by atoms with Crippen molar-refractivity contribution in [1.29, 1.82) is 0 Å². The predicted molar refractivity (Wildman–Crippen MR) is 64.6 cm³/mol. The highest BCUT2D eigenvalue weighted by Crippen LogP contribution is 2.13. The fourth-order valence-electron chi connectivity index (χ4n) is 1.24. The van der Waals surface area contributed by atoms with Gasteiger partial charge in [0.15, 0.2) is 0 Å². The molecule has 4 nitrogen and oxygen atoms in total. The van der Waals surface area contributed by atoms with E-state index >= 15 is 0 Å². The average molecular weight is 259 g/mol. The summed E-state index contributed by atoms with van der Waals surface area (Å²) in [6.45, 7) is 0.151. The second-order valence-corrected chi connectivity index (χ2v) is 3.97. The van der Waals surface area contributed by atoms with Gasteiger partial charge in [0.05, 0.1) is 5.88 Å². The molecule has 0 bridgehead atoms. The average Bonchev–Trinajstić information content (AvgIpc) is 2.34. The Hall–Kier alpha value is -1.26. The van der Waals surface area contributed by atoms with Gasteiger partial charge < -0.3 is 14.9 Å². The molecule has 0 aromatic heterocycles. The van der Waals surface area contributed by atoms with Gasteiger partial charge in [0.1, 0.15) is 18.5 Å². The number of carbonyl (C=O) groups is 1. The van der Waals surface area contributed by atoms with Gasteiger partial charge >= 0.3 is 5.97 Å². The summed E-state index contributed by atoms with van der Waals surface area (Å²) in [6, 6.07) is 7.12. The van der Waals surface area contributed by atoms with Crippen LogP contribution in [-0.4, -0.2) is 34.8 Å². The second kappa shape index (κ2) is 7.14. The number of aliphatic carboxylic acids is 1. The Labute approximate surface area is 105 Å². The van der Waals surface area contributed by atoms with Gasteiger partial charge in [-0.05, 0) is 24.1 Å². The first kappa shape index (κ1) is 13.8. The van der Waals surface area contributed by atoms with Crippen LogP contribution in [0, 0.1) is 0 Å². The van der Waals surface area contributed by atoms with Crippen molar-refractivity contribution < 1.29 is 19.7 Å². The number of benzene rings is 1. The number of carboxylic acids is 1. The molecule has 17 heavy (non-hydrogen) atoms. The third-order valence-corrected chi connectivity index (χ3v) is 2.53. The number of ether oxygens (including phenoxy) is 1. The van der Waals surface area contributed by atoms with Gasteiger partial charge in [0.2, 0.25) is 0 Å². The largest absolute Gasteiger partial charge is 0.491 e. The van der Waals surface area contributed by atoms with Crippen LogP contribution in [0.3, 0.4) is 0 Å². The minimum atomic E-state index is -0.810. The Morgan fingerprint density at radius 2 is 2.00 bits per heavy atom. The number of hydrogen-bond acceptors (Lipinski definition) is 3.